The van der Waals surface area contributed by atoms with Gasteiger partial charge in [-0.15, -0.1) is 11.3 Å². The standard InChI is InChI=1S/C16H26N2S/c1-11-6-9-15(19-11)16(18-17)14-8-7-12-4-2-3-5-13(12)10-14/h6,9,12-14,16,18H,2-5,7-8,10,17H2,1H3. The van der Waals surface area contributed by atoms with Gasteiger partial charge in [0.15, 0.2) is 0 Å². The van der Waals surface area contributed by atoms with Crippen LogP contribution in [0.5, 0.6) is 0 Å². The van der Waals surface area contributed by atoms with Crippen LogP contribution in [-0.2, 0) is 0 Å². The van der Waals surface area contributed by atoms with E-state index in [4.69, 9.17) is 5.84 Å². The Kier molecular flexibility index (Phi) is 4.25. The molecule has 2 fully saturated rings. The van der Waals surface area contributed by atoms with Gasteiger partial charge in [-0.2, -0.15) is 0 Å². The molecule has 0 spiro atoms. The van der Waals surface area contributed by atoms with Gasteiger partial charge < -0.3 is 0 Å². The highest BCUT2D eigenvalue weighted by molar-refractivity contribution is 7.12. The maximum atomic E-state index is 5.87. The summed E-state index contributed by atoms with van der Waals surface area (Å²) in [7, 11) is 0. The van der Waals surface area contributed by atoms with Crippen molar-refractivity contribution in [1.29, 1.82) is 0 Å². The molecular weight excluding hydrogens is 252 g/mol. The molecular formula is C16H26N2S. The van der Waals surface area contributed by atoms with Crippen LogP contribution in [0.3, 0.4) is 0 Å². The Hall–Kier alpha value is -0.380. The molecule has 19 heavy (non-hydrogen) atoms. The summed E-state index contributed by atoms with van der Waals surface area (Å²) in [5.41, 5.74) is 3.11. The predicted molar refractivity (Wildman–Crippen MR) is 81.9 cm³/mol. The highest BCUT2D eigenvalue weighted by Gasteiger charge is 2.35. The van der Waals surface area contributed by atoms with E-state index in [2.05, 4.69) is 24.5 Å². The second-order valence-corrected chi connectivity index (χ2v) is 7.79. The van der Waals surface area contributed by atoms with Crippen LogP contribution in [0, 0.1) is 24.7 Å². The summed E-state index contributed by atoms with van der Waals surface area (Å²) in [6, 6.07) is 4.86. The fourth-order valence-electron chi connectivity index (χ4n) is 4.28. The van der Waals surface area contributed by atoms with Crippen LogP contribution >= 0.6 is 11.3 Å². The van der Waals surface area contributed by atoms with Crippen molar-refractivity contribution in [2.45, 2.75) is 57.9 Å². The monoisotopic (exact) mass is 278 g/mol. The lowest BCUT2D eigenvalue weighted by atomic mass is 9.66. The SMILES string of the molecule is Cc1ccc(C(NN)C2CCC3CCCCC3C2)s1. The summed E-state index contributed by atoms with van der Waals surface area (Å²) in [5.74, 6) is 8.61. The van der Waals surface area contributed by atoms with Gasteiger partial charge >= 0.3 is 0 Å². The zero-order chi connectivity index (χ0) is 13.2. The van der Waals surface area contributed by atoms with Gasteiger partial charge in [0, 0.05) is 9.75 Å². The molecule has 2 saturated carbocycles. The molecule has 3 heteroatoms. The maximum absolute atomic E-state index is 5.87. The van der Waals surface area contributed by atoms with Crippen molar-refractivity contribution in [2.75, 3.05) is 0 Å². The molecule has 0 bridgehead atoms. The molecule has 0 radical (unpaired) electrons. The van der Waals surface area contributed by atoms with E-state index in [1.807, 2.05) is 11.3 Å². The molecule has 106 valence electrons. The lowest BCUT2D eigenvalue weighted by Crippen LogP contribution is -2.38. The highest BCUT2D eigenvalue weighted by Crippen LogP contribution is 2.46. The first kappa shape index (κ1) is 13.6. The third-order valence-corrected chi connectivity index (χ3v) is 6.38. The molecule has 3 rings (SSSR count). The van der Waals surface area contributed by atoms with E-state index in [0.29, 0.717) is 6.04 Å². The second-order valence-electron chi connectivity index (χ2n) is 6.47. The number of hydrogen-bond acceptors (Lipinski definition) is 3. The molecule has 4 unspecified atom stereocenters. The van der Waals surface area contributed by atoms with Crippen LogP contribution in [0.25, 0.3) is 0 Å². The normalized spacial score (nSPS) is 32.8. The lowest BCUT2D eigenvalue weighted by Gasteiger charge is -2.41. The Morgan fingerprint density at radius 3 is 2.63 bits per heavy atom. The Morgan fingerprint density at radius 2 is 1.95 bits per heavy atom. The van der Waals surface area contributed by atoms with Gasteiger partial charge in [0.05, 0.1) is 6.04 Å². The van der Waals surface area contributed by atoms with Crippen molar-refractivity contribution in [1.82, 2.24) is 5.43 Å². The fourth-order valence-corrected chi connectivity index (χ4v) is 5.31. The molecule has 0 amide bonds. The van der Waals surface area contributed by atoms with Gasteiger partial charge in [0.2, 0.25) is 0 Å². The summed E-state index contributed by atoms with van der Waals surface area (Å²) in [6.45, 7) is 2.18. The second kappa shape index (κ2) is 5.94. The number of hydrazine groups is 1. The van der Waals surface area contributed by atoms with Crippen molar-refractivity contribution in [2.24, 2.45) is 23.6 Å². The average Bonchev–Trinajstić information content (AvgIpc) is 2.86. The topological polar surface area (TPSA) is 38.0 Å². The Balaban J connectivity index is 1.70. The number of thiophene rings is 1. The minimum absolute atomic E-state index is 0.376. The molecule has 0 aliphatic heterocycles. The summed E-state index contributed by atoms with van der Waals surface area (Å²) < 4.78 is 0. The summed E-state index contributed by atoms with van der Waals surface area (Å²) in [5, 5.41) is 0. The minimum Gasteiger partial charge on any atom is -0.271 e. The number of nitrogens with two attached hydrogens (primary N) is 1. The van der Waals surface area contributed by atoms with Crippen molar-refractivity contribution in [3.63, 3.8) is 0 Å². The van der Waals surface area contributed by atoms with Crippen LogP contribution < -0.4 is 11.3 Å². The van der Waals surface area contributed by atoms with E-state index in [0.717, 1.165) is 17.8 Å². The summed E-state index contributed by atoms with van der Waals surface area (Å²) in [4.78, 5) is 2.82. The molecule has 1 aromatic rings. The zero-order valence-corrected chi connectivity index (χ0v) is 12.7. The number of hydrogen-bond donors (Lipinski definition) is 2. The number of nitrogens with one attached hydrogen (secondary N) is 1. The third kappa shape index (κ3) is 2.88. The van der Waals surface area contributed by atoms with Crippen molar-refractivity contribution >= 4 is 11.3 Å². The molecule has 1 heterocycles. The molecule has 0 saturated heterocycles. The van der Waals surface area contributed by atoms with E-state index in [1.165, 1.54) is 54.7 Å². The van der Waals surface area contributed by atoms with Crippen molar-refractivity contribution < 1.29 is 0 Å². The first-order valence-electron chi connectivity index (χ1n) is 7.80. The van der Waals surface area contributed by atoms with Crippen LogP contribution in [-0.4, -0.2) is 0 Å². The van der Waals surface area contributed by atoms with E-state index in [9.17, 15) is 0 Å². The third-order valence-electron chi connectivity index (χ3n) is 5.30. The fraction of sp³-hybridized carbons (Fsp3) is 0.750. The molecule has 2 aliphatic rings. The van der Waals surface area contributed by atoms with Gasteiger partial charge in [-0.1, -0.05) is 25.7 Å². The molecule has 3 N–H and O–H groups in total. The number of rotatable bonds is 3. The molecule has 0 aromatic carbocycles. The first-order chi connectivity index (χ1) is 9.28. The smallest absolute Gasteiger partial charge is 0.0581 e. The Morgan fingerprint density at radius 1 is 1.16 bits per heavy atom. The van der Waals surface area contributed by atoms with Crippen LogP contribution in [0.2, 0.25) is 0 Å². The van der Waals surface area contributed by atoms with Gasteiger partial charge in [0.1, 0.15) is 0 Å². The quantitative estimate of drug-likeness (QED) is 0.643. The van der Waals surface area contributed by atoms with Crippen LogP contribution in [0.4, 0.5) is 0 Å². The summed E-state index contributed by atoms with van der Waals surface area (Å²) >= 11 is 1.90. The molecule has 2 nitrogen and oxygen atoms in total. The molecule has 2 aliphatic carbocycles. The van der Waals surface area contributed by atoms with Crippen molar-refractivity contribution in [3.05, 3.63) is 21.9 Å². The number of fused-ring (bicyclic) bond motifs is 1. The first-order valence-corrected chi connectivity index (χ1v) is 8.62. The van der Waals surface area contributed by atoms with E-state index in [1.54, 1.807) is 0 Å². The maximum Gasteiger partial charge on any atom is 0.0581 e. The summed E-state index contributed by atoms with van der Waals surface area (Å²) in [6.07, 6.45) is 10.0. The van der Waals surface area contributed by atoms with E-state index in [-0.39, 0.29) is 0 Å². The van der Waals surface area contributed by atoms with E-state index < -0.39 is 0 Å². The van der Waals surface area contributed by atoms with Crippen LogP contribution in [0.15, 0.2) is 12.1 Å². The lowest BCUT2D eigenvalue weighted by molar-refractivity contribution is 0.110. The van der Waals surface area contributed by atoms with E-state index >= 15 is 0 Å². The van der Waals surface area contributed by atoms with Crippen molar-refractivity contribution in [3.8, 4) is 0 Å². The molecule has 1 aromatic heterocycles. The Bertz CT molecular complexity index is 415. The highest BCUT2D eigenvalue weighted by atomic mass is 32.1. The van der Waals surface area contributed by atoms with Crippen LogP contribution in [0.1, 0.15) is 60.7 Å². The number of aryl methyl sites for hydroxylation is 1. The Labute approximate surface area is 120 Å². The minimum atomic E-state index is 0.376. The molecule has 4 atom stereocenters. The van der Waals surface area contributed by atoms with Gasteiger partial charge in [-0.05, 0) is 56.1 Å². The zero-order valence-electron chi connectivity index (χ0n) is 11.9. The van der Waals surface area contributed by atoms with Gasteiger partial charge in [0.25, 0.3) is 0 Å². The largest absolute Gasteiger partial charge is 0.271 e. The van der Waals surface area contributed by atoms with Gasteiger partial charge in [-0.3, -0.25) is 11.3 Å². The predicted octanol–water partition coefficient (Wildman–Crippen LogP) is 4.17. The van der Waals surface area contributed by atoms with Gasteiger partial charge in [-0.25, -0.2) is 0 Å². The average molecular weight is 278 g/mol.